The van der Waals surface area contributed by atoms with Gasteiger partial charge >= 0.3 is 0 Å². The normalized spacial score (nSPS) is 10.8. The third kappa shape index (κ3) is 2.93. The molecule has 21 heavy (non-hydrogen) atoms. The maximum absolute atomic E-state index is 5.93. The molecule has 2 aromatic heterocycles. The number of H-pyrrole nitrogens is 1. The van der Waals surface area contributed by atoms with Crippen molar-refractivity contribution in [1.82, 2.24) is 20.2 Å². The van der Waals surface area contributed by atoms with Crippen LogP contribution < -0.4 is 10.1 Å². The van der Waals surface area contributed by atoms with Gasteiger partial charge < -0.3 is 10.1 Å². The fourth-order valence-corrected chi connectivity index (χ4v) is 2.55. The van der Waals surface area contributed by atoms with E-state index < -0.39 is 0 Å². The fraction of sp³-hybridized carbons (Fsp3) is 0.154. The van der Waals surface area contributed by atoms with Gasteiger partial charge in [0.1, 0.15) is 11.1 Å². The lowest BCUT2D eigenvalue weighted by Crippen LogP contribution is -2.03. The number of rotatable bonds is 4. The maximum Gasteiger partial charge on any atom is 0.235 e. The standard InChI is InChI=1S/C13H11BrClN5O/c1-2-16-13-18-11-8(6-17-20-11)12(19-13)21-10-4-3-7(15)5-9(10)14/h3-6H,2H2,1H3,(H2,16,17,18,19,20). The molecule has 2 heterocycles. The Morgan fingerprint density at radius 3 is 3.00 bits per heavy atom. The molecule has 0 atom stereocenters. The molecule has 0 spiro atoms. The van der Waals surface area contributed by atoms with E-state index in [1.807, 2.05) is 6.92 Å². The monoisotopic (exact) mass is 367 g/mol. The average molecular weight is 369 g/mol. The van der Waals surface area contributed by atoms with E-state index in [1.54, 1.807) is 24.4 Å². The summed E-state index contributed by atoms with van der Waals surface area (Å²) >= 11 is 9.34. The smallest absolute Gasteiger partial charge is 0.235 e. The van der Waals surface area contributed by atoms with Gasteiger partial charge in [-0.15, -0.1) is 0 Å². The number of anilines is 1. The molecule has 8 heteroatoms. The summed E-state index contributed by atoms with van der Waals surface area (Å²) in [5, 5.41) is 11.2. The van der Waals surface area contributed by atoms with Gasteiger partial charge in [-0.05, 0) is 41.1 Å². The number of halogens is 2. The Bertz CT molecular complexity index is 791. The molecule has 0 aliphatic heterocycles. The summed E-state index contributed by atoms with van der Waals surface area (Å²) in [6.45, 7) is 2.68. The van der Waals surface area contributed by atoms with Crippen LogP contribution in [-0.4, -0.2) is 26.7 Å². The van der Waals surface area contributed by atoms with Crippen molar-refractivity contribution in [2.75, 3.05) is 11.9 Å². The number of fused-ring (bicyclic) bond motifs is 1. The molecule has 0 unspecified atom stereocenters. The summed E-state index contributed by atoms with van der Waals surface area (Å²) < 4.78 is 6.61. The zero-order chi connectivity index (χ0) is 14.8. The van der Waals surface area contributed by atoms with Gasteiger partial charge in [0.05, 0.1) is 10.7 Å². The van der Waals surface area contributed by atoms with Crippen molar-refractivity contribution in [3.8, 4) is 11.6 Å². The first-order valence-electron chi connectivity index (χ1n) is 6.25. The minimum absolute atomic E-state index is 0.424. The molecule has 0 bridgehead atoms. The number of hydrogen-bond acceptors (Lipinski definition) is 5. The molecule has 2 N–H and O–H groups in total. The van der Waals surface area contributed by atoms with E-state index in [0.29, 0.717) is 40.2 Å². The summed E-state index contributed by atoms with van der Waals surface area (Å²) in [5.41, 5.74) is 0.612. The number of aromatic nitrogens is 4. The molecule has 0 aliphatic rings. The third-order valence-corrected chi connectivity index (χ3v) is 3.57. The van der Waals surface area contributed by atoms with Crippen LogP contribution in [0.15, 0.2) is 28.9 Å². The number of ether oxygens (including phenoxy) is 1. The number of hydrogen-bond donors (Lipinski definition) is 2. The van der Waals surface area contributed by atoms with Crippen LogP contribution in [0.4, 0.5) is 5.95 Å². The van der Waals surface area contributed by atoms with Crippen LogP contribution in [0.3, 0.4) is 0 Å². The first kappa shape index (κ1) is 14.1. The largest absolute Gasteiger partial charge is 0.437 e. The van der Waals surface area contributed by atoms with E-state index in [2.05, 4.69) is 41.4 Å². The fourth-order valence-electron chi connectivity index (χ4n) is 1.79. The van der Waals surface area contributed by atoms with Crippen LogP contribution in [0.1, 0.15) is 6.92 Å². The first-order chi connectivity index (χ1) is 10.2. The minimum Gasteiger partial charge on any atom is -0.437 e. The molecule has 108 valence electrons. The molecular formula is C13H11BrClN5O. The Balaban J connectivity index is 2.04. The van der Waals surface area contributed by atoms with Crippen LogP contribution in [0.5, 0.6) is 11.6 Å². The zero-order valence-electron chi connectivity index (χ0n) is 11.0. The molecule has 6 nitrogen and oxygen atoms in total. The Morgan fingerprint density at radius 2 is 2.24 bits per heavy atom. The molecule has 0 amide bonds. The molecule has 0 fully saturated rings. The topological polar surface area (TPSA) is 75.7 Å². The van der Waals surface area contributed by atoms with E-state index >= 15 is 0 Å². The van der Waals surface area contributed by atoms with Crippen LogP contribution >= 0.6 is 27.5 Å². The molecule has 3 aromatic rings. The summed E-state index contributed by atoms with van der Waals surface area (Å²) in [6, 6.07) is 5.28. The molecule has 0 saturated carbocycles. The van der Waals surface area contributed by atoms with Crippen LogP contribution in [0, 0.1) is 0 Å². The highest BCUT2D eigenvalue weighted by Gasteiger charge is 2.13. The van der Waals surface area contributed by atoms with Gasteiger partial charge in [-0.2, -0.15) is 15.1 Å². The van der Waals surface area contributed by atoms with E-state index in [1.165, 1.54) is 0 Å². The molecule has 0 saturated heterocycles. The number of nitrogens with one attached hydrogen (secondary N) is 2. The summed E-state index contributed by atoms with van der Waals surface area (Å²) in [6.07, 6.45) is 1.63. The van der Waals surface area contributed by atoms with Crippen LogP contribution in [-0.2, 0) is 0 Å². The SMILES string of the molecule is CCNc1nc(Oc2ccc(Cl)cc2Br)c2cn[nH]c2n1. The van der Waals surface area contributed by atoms with Gasteiger partial charge in [0.25, 0.3) is 0 Å². The number of aromatic amines is 1. The van der Waals surface area contributed by atoms with E-state index in [9.17, 15) is 0 Å². The van der Waals surface area contributed by atoms with E-state index in [-0.39, 0.29) is 0 Å². The van der Waals surface area contributed by atoms with Crippen molar-refractivity contribution in [2.24, 2.45) is 0 Å². The molecule has 3 rings (SSSR count). The van der Waals surface area contributed by atoms with Crippen molar-refractivity contribution in [3.05, 3.63) is 33.9 Å². The third-order valence-electron chi connectivity index (χ3n) is 2.71. The number of nitrogens with zero attached hydrogens (tertiary/aromatic N) is 3. The molecule has 0 aliphatic carbocycles. The van der Waals surface area contributed by atoms with Gasteiger partial charge in [0.2, 0.25) is 11.8 Å². The summed E-state index contributed by atoms with van der Waals surface area (Å²) in [4.78, 5) is 8.67. The quantitative estimate of drug-likeness (QED) is 0.728. The predicted octanol–water partition coefficient (Wildman–Crippen LogP) is 3.99. The highest BCUT2D eigenvalue weighted by atomic mass is 79.9. The second kappa shape index (κ2) is 5.87. The Kier molecular flexibility index (Phi) is 3.94. The Morgan fingerprint density at radius 1 is 1.38 bits per heavy atom. The molecular weight excluding hydrogens is 358 g/mol. The molecule has 0 radical (unpaired) electrons. The Hall–Kier alpha value is -1.86. The van der Waals surface area contributed by atoms with Crippen LogP contribution in [0.25, 0.3) is 11.0 Å². The average Bonchev–Trinajstić information content (AvgIpc) is 2.91. The summed E-state index contributed by atoms with van der Waals surface area (Å²) in [5.74, 6) is 1.52. The van der Waals surface area contributed by atoms with Gasteiger partial charge in [-0.1, -0.05) is 11.6 Å². The van der Waals surface area contributed by atoms with Crippen molar-refractivity contribution < 1.29 is 4.74 Å². The van der Waals surface area contributed by atoms with Crippen molar-refractivity contribution in [1.29, 1.82) is 0 Å². The predicted molar refractivity (Wildman–Crippen MR) is 85.1 cm³/mol. The van der Waals surface area contributed by atoms with Gasteiger partial charge in [-0.25, -0.2) is 0 Å². The van der Waals surface area contributed by atoms with Crippen molar-refractivity contribution >= 4 is 44.5 Å². The van der Waals surface area contributed by atoms with E-state index in [0.717, 1.165) is 4.47 Å². The lowest BCUT2D eigenvalue weighted by Gasteiger charge is -2.09. The van der Waals surface area contributed by atoms with E-state index in [4.69, 9.17) is 16.3 Å². The highest BCUT2D eigenvalue weighted by Crippen LogP contribution is 2.33. The Labute approximate surface area is 134 Å². The summed E-state index contributed by atoms with van der Waals surface area (Å²) in [7, 11) is 0. The highest BCUT2D eigenvalue weighted by molar-refractivity contribution is 9.10. The number of benzene rings is 1. The van der Waals surface area contributed by atoms with Crippen molar-refractivity contribution in [3.63, 3.8) is 0 Å². The molecule has 1 aromatic carbocycles. The van der Waals surface area contributed by atoms with Crippen molar-refractivity contribution in [2.45, 2.75) is 6.92 Å². The van der Waals surface area contributed by atoms with Gasteiger partial charge in [0.15, 0.2) is 5.65 Å². The first-order valence-corrected chi connectivity index (χ1v) is 7.42. The lowest BCUT2D eigenvalue weighted by atomic mass is 10.3. The maximum atomic E-state index is 5.93. The second-order valence-corrected chi connectivity index (χ2v) is 5.48. The lowest BCUT2D eigenvalue weighted by molar-refractivity contribution is 0.466. The van der Waals surface area contributed by atoms with Gasteiger partial charge in [-0.3, -0.25) is 5.10 Å². The second-order valence-electron chi connectivity index (χ2n) is 4.19. The van der Waals surface area contributed by atoms with Gasteiger partial charge in [0, 0.05) is 11.6 Å². The zero-order valence-corrected chi connectivity index (χ0v) is 13.4. The minimum atomic E-state index is 0.424. The van der Waals surface area contributed by atoms with Crippen LogP contribution in [0.2, 0.25) is 5.02 Å².